The van der Waals surface area contributed by atoms with E-state index in [1.165, 1.54) is 23.4 Å². The van der Waals surface area contributed by atoms with Gasteiger partial charge in [-0.3, -0.25) is 4.98 Å². The standard InChI is InChI=1S/C15H17FN2/c1-11-3-2-4-12(7-11)5-6-15(17)13-8-14(16)10-18-9-13/h2-4,7-10,15H,5-6,17H2,1H3. The van der Waals surface area contributed by atoms with Gasteiger partial charge in [-0.2, -0.15) is 0 Å². The summed E-state index contributed by atoms with van der Waals surface area (Å²) in [6.45, 7) is 2.07. The minimum atomic E-state index is -0.335. The summed E-state index contributed by atoms with van der Waals surface area (Å²) in [5.74, 6) is -0.335. The third-order valence-electron chi connectivity index (χ3n) is 2.98. The molecule has 2 nitrogen and oxygen atoms in total. The Bertz CT molecular complexity index is 525. The van der Waals surface area contributed by atoms with Crippen LogP contribution >= 0.6 is 0 Å². The minimum Gasteiger partial charge on any atom is -0.324 e. The fourth-order valence-electron chi connectivity index (χ4n) is 1.99. The predicted octanol–water partition coefficient (Wildman–Crippen LogP) is 3.16. The zero-order chi connectivity index (χ0) is 13.0. The Morgan fingerprint density at radius 2 is 2.11 bits per heavy atom. The summed E-state index contributed by atoms with van der Waals surface area (Å²) in [5.41, 5.74) is 9.30. The van der Waals surface area contributed by atoms with E-state index in [2.05, 4.69) is 30.1 Å². The Kier molecular flexibility index (Phi) is 4.05. The topological polar surface area (TPSA) is 38.9 Å². The van der Waals surface area contributed by atoms with Crippen molar-refractivity contribution >= 4 is 0 Å². The van der Waals surface area contributed by atoms with E-state index in [1.54, 1.807) is 6.20 Å². The van der Waals surface area contributed by atoms with Crippen molar-refractivity contribution in [3.8, 4) is 0 Å². The average molecular weight is 244 g/mol. The van der Waals surface area contributed by atoms with Crippen LogP contribution in [0.3, 0.4) is 0 Å². The first-order valence-corrected chi connectivity index (χ1v) is 6.07. The van der Waals surface area contributed by atoms with Crippen LogP contribution in [0, 0.1) is 12.7 Å². The molecule has 0 fully saturated rings. The Balaban J connectivity index is 1.98. The third-order valence-corrected chi connectivity index (χ3v) is 2.98. The lowest BCUT2D eigenvalue weighted by molar-refractivity contribution is 0.601. The number of pyridine rings is 1. The van der Waals surface area contributed by atoms with Crippen LogP contribution in [0.2, 0.25) is 0 Å². The van der Waals surface area contributed by atoms with Gasteiger partial charge in [-0.15, -0.1) is 0 Å². The maximum Gasteiger partial charge on any atom is 0.141 e. The Labute approximate surface area is 107 Å². The van der Waals surface area contributed by atoms with Crippen molar-refractivity contribution in [3.63, 3.8) is 0 Å². The van der Waals surface area contributed by atoms with E-state index in [4.69, 9.17) is 5.73 Å². The summed E-state index contributed by atoms with van der Waals surface area (Å²) in [6, 6.07) is 9.63. The van der Waals surface area contributed by atoms with Crippen molar-refractivity contribution in [2.45, 2.75) is 25.8 Å². The summed E-state index contributed by atoms with van der Waals surface area (Å²) in [7, 11) is 0. The molecule has 1 atom stereocenters. The average Bonchev–Trinajstić information content (AvgIpc) is 2.36. The molecular weight excluding hydrogens is 227 g/mol. The lowest BCUT2D eigenvalue weighted by Gasteiger charge is -2.11. The van der Waals surface area contributed by atoms with Gasteiger partial charge in [0.1, 0.15) is 5.82 Å². The molecule has 3 heteroatoms. The van der Waals surface area contributed by atoms with Crippen molar-refractivity contribution in [2.75, 3.05) is 0 Å². The summed E-state index contributed by atoms with van der Waals surface area (Å²) < 4.78 is 13.0. The first-order valence-electron chi connectivity index (χ1n) is 6.07. The number of rotatable bonds is 4. The van der Waals surface area contributed by atoms with Crippen LogP contribution in [-0.4, -0.2) is 4.98 Å². The van der Waals surface area contributed by atoms with Crippen molar-refractivity contribution in [1.82, 2.24) is 4.98 Å². The van der Waals surface area contributed by atoms with Gasteiger partial charge in [-0.05, 0) is 37.0 Å². The predicted molar refractivity (Wildman–Crippen MR) is 70.6 cm³/mol. The zero-order valence-electron chi connectivity index (χ0n) is 10.4. The molecule has 94 valence electrons. The second-order valence-electron chi connectivity index (χ2n) is 4.57. The number of nitrogens with two attached hydrogens (primary N) is 1. The van der Waals surface area contributed by atoms with E-state index in [1.807, 2.05) is 6.07 Å². The van der Waals surface area contributed by atoms with E-state index >= 15 is 0 Å². The molecule has 18 heavy (non-hydrogen) atoms. The highest BCUT2D eigenvalue weighted by Crippen LogP contribution is 2.17. The van der Waals surface area contributed by atoms with Crippen LogP contribution in [-0.2, 0) is 6.42 Å². The number of benzene rings is 1. The van der Waals surface area contributed by atoms with Crippen LogP contribution < -0.4 is 5.73 Å². The van der Waals surface area contributed by atoms with E-state index in [0.717, 1.165) is 18.4 Å². The van der Waals surface area contributed by atoms with Gasteiger partial charge >= 0.3 is 0 Å². The third kappa shape index (κ3) is 3.37. The molecule has 0 bridgehead atoms. The molecular formula is C15H17FN2. The van der Waals surface area contributed by atoms with Gasteiger partial charge in [0.15, 0.2) is 0 Å². The molecule has 0 spiro atoms. The van der Waals surface area contributed by atoms with Crippen LogP contribution in [0.4, 0.5) is 4.39 Å². The second kappa shape index (κ2) is 5.74. The molecule has 0 saturated carbocycles. The van der Waals surface area contributed by atoms with Crippen LogP contribution in [0.1, 0.15) is 29.2 Å². The van der Waals surface area contributed by atoms with Gasteiger partial charge in [-0.1, -0.05) is 29.8 Å². The highest BCUT2D eigenvalue weighted by molar-refractivity contribution is 5.23. The summed E-state index contributed by atoms with van der Waals surface area (Å²) in [4.78, 5) is 3.82. The first kappa shape index (κ1) is 12.7. The van der Waals surface area contributed by atoms with E-state index in [-0.39, 0.29) is 11.9 Å². The zero-order valence-corrected chi connectivity index (χ0v) is 10.4. The van der Waals surface area contributed by atoms with Crippen LogP contribution in [0.25, 0.3) is 0 Å². The van der Waals surface area contributed by atoms with Crippen LogP contribution in [0.5, 0.6) is 0 Å². The van der Waals surface area contributed by atoms with Crippen LogP contribution in [0.15, 0.2) is 42.7 Å². The number of aromatic nitrogens is 1. The molecule has 0 aliphatic heterocycles. The molecule has 0 amide bonds. The Morgan fingerprint density at radius 1 is 1.28 bits per heavy atom. The number of hydrogen-bond acceptors (Lipinski definition) is 2. The quantitative estimate of drug-likeness (QED) is 0.897. The maximum atomic E-state index is 13.0. The van der Waals surface area contributed by atoms with Crippen molar-refractivity contribution in [2.24, 2.45) is 5.73 Å². The highest BCUT2D eigenvalue weighted by atomic mass is 19.1. The van der Waals surface area contributed by atoms with Crippen molar-refractivity contribution in [1.29, 1.82) is 0 Å². The van der Waals surface area contributed by atoms with Gasteiger partial charge < -0.3 is 5.73 Å². The molecule has 1 aromatic heterocycles. The van der Waals surface area contributed by atoms with Gasteiger partial charge in [0.25, 0.3) is 0 Å². The van der Waals surface area contributed by atoms with E-state index < -0.39 is 0 Å². The van der Waals surface area contributed by atoms with Crippen molar-refractivity contribution in [3.05, 3.63) is 65.2 Å². The fourth-order valence-corrected chi connectivity index (χ4v) is 1.99. The van der Waals surface area contributed by atoms with E-state index in [0.29, 0.717) is 0 Å². The molecule has 1 aromatic carbocycles. The lowest BCUT2D eigenvalue weighted by atomic mass is 10.00. The largest absolute Gasteiger partial charge is 0.324 e. The molecule has 0 radical (unpaired) electrons. The molecule has 0 saturated heterocycles. The lowest BCUT2D eigenvalue weighted by Crippen LogP contribution is -2.12. The van der Waals surface area contributed by atoms with Gasteiger partial charge in [0.2, 0.25) is 0 Å². The van der Waals surface area contributed by atoms with Crippen molar-refractivity contribution < 1.29 is 4.39 Å². The van der Waals surface area contributed by atoms with E-state index in [9.17, 15) is 4.39 Å². The normalized spacial score (nSPS) is 12.4. The Morgan fingerprint density at radius 3 is 2.83 bits per heavy atom. The molecule has 1 heterocycles. The molecule has 1 unspecified atom stereocenters. The summed E-state index contributed by atoms with van der Waals surface area (Å²) in [5, 5.41) is 0. The van der Waals surface area contributed by atoms with Gasteiger partial charge in [0.05, 0.1) is 6.20 Å². The minimum absolute atomic E-state index is 0.172. The number of hydrogen-bond donors (Lipinski definition) is 1. The molecule has 2 aromatic rings. The smallest absolute Gasteiger partial charge is 0.141 e. The van der Waals surface area contributed by atoms with Gasteiger partial charge in [0, 0.05) is 12.2 Å². The second-order valence-corrected chi connectivity index (χ2v) is 4.57. The molecule has 2 rings (SSSR count). The van der Waals surface area contributed by atoms with Gasteiger partial charge in [-0.25, -0.2) is 4.39 Å². The highest BCUT2D eigenvalue weighted by Gasteiger charge is 2.07. The number of nitrogens with zero attached hydrogens (tertiary/aromatic N) is 1. The number of aryl methyl sites for hydroxylation is 2. The molecule has 0 aliphatic rings. The summed E-state index contributed by atoms with van der Waals surface area (Å²) >= 11 is 0. The fraction of sp³-hybridized carbons (Fsp3) is 0.267. The first-order chi connectivity index (χ1) is 8.65. The monoisotopic (exact) mass is 244 g/mol. The molecule has 0 aliphatic carbocycles. The molecule has 2 N–H and O–H groups in total. The maximum absolute atomic E-state index is 13.0. The Hall–Kier alpha value is -1.74. The number of halogens is 1. The summed E-state index contributed by atoms with van der Waals surface area (Å²) in [6.07, 6.45) is 4.49. The SMILES string of the molecule is Cc1cccc(CCC(N)c2cncc(F)c2)c1.